The molecule has 1 saturated heterocycles. The van der Waals surface area contributed by atoms with E-state index in [9.17, 15) is 0 Å². The summed E-state index contributed by atoms with van der Waals surface area (Å²) in [5.41, 5.74) is 0. The molecule has 2 atom stereocenters. The van der Waals surface area contributed by atoms with Gasteiger partial charge in [-0.05, 0) is 5.92 Å². The van der Waals surface area contributed by atoms with Gasteiger partial charge in [0.2, 0.25) is 0 Å². The summed E-state index contributed by atoms with van der Waals surface area (Å²) >= 11 is 3.43. The van der Waals surface area contributed by atoms with Gasteiger partial charge in [-0.2, -0.15) is 0 Å². The van der Waals surface area contributed by atoms with Gasteiger partial charge in [0, 0.05) is 36.7 Å². The molecule has 1 aliphatic heterocycles. The Morgan fingerprint density at radius 3 is 3.00 bits per heavy atom. The Balaban J connectivity index is 2.39. The van der Waals surface area contributed by atoms with Crippen LogP contribution in [-0.4, -0.2) is 37.1 Å². The van der Waals surface area contributed by atoms with Gasteiger partial charge < -0.3 is 5.32 Å². The van der Waals surface area contributed by atoms with Gasteiger partial charge in [0.15, 0.2) is 0 Å². The lowest BCUT2D eigenvalue weighted by atomic mass is 9.97. The first-order valence-electron chi connectivity index (χ1n) is 5.42. The maximum atomic E-state index is 3.89. The van der Waals surface area contributed by atoms with Crippen LogP contribution in [0.2, 0.25) is 0 Å². The predicted molar refractivity (Wildman–Crippen MR) is 65.8 cm³/mol. The van der Waals surface area contributed by atoms with Crippen LogP contribution in [0, 0.1) is 5.92 Å². The lowest BCUT2D eigenvalue weighted by molar-refractivity contribution is 0.182. The van der Waals surface area contributed by atoms with Crippen molar-refractivity contribution in [2.45, 2.75) is 26.3 Å². The highest BCUT2D eigenvalue weighted by Gasteiger charge is 2.22. The fourth-order valence-corrected chi connectivity index (χ4v) is 2.25. The molecule has 1 rings (SSSR count). The molecule has 0 radical (unpaired) electrons. The molecule has 0 saturated carbocycles. The maximum absolute atomic E-state index is 3.89. The molecule has 1 heterocycles. The minimum atomic E-state index is 0.653. The zero-order valence-corrected chi connectivity index (χ0v) is 10.8. The summed E-state index contributed by atoms with van der Waals surface area (Å²) in [6.45, 7) is 12.9. The van der Waals surface area contributed by atoms with Crippen molar-refractivity contribution in [2.75, 3.05) is 26.2 Å². The molecule has 0 amide bonds. The van der Waals surface area contributed by atoms with Gasteiger partial charge in [0.25, 0.3) is 0 Å². The SMILES string of the molecule is C=C(Br)CN1CCNC(C(C)CC)C1. The Bertz CT molecular complexity index is 194. The first-order valence-corrected chi connectivity index (χ1v) is 6.21. The number of nitrogens with zero attached hydrogens (tertiary/aromatic N) is 1. The second kappa shape index (κ2) is 5.89. The highest BCUT2D eigenvalue weighted by Crippen LogP contribution is 2.14. The highest BCUT2D eigenvalue weighted by molar-refractivity contribution is 9.11. The molecule has 14 heavy (non-hydrogen) atoms. The molecule has 3 heteroatoms. The molecule has 0 aliphatic carbocycles. The molecule has 0 aromatic heterocycles. The number of nitrogens with one attached hydrogen (secondary N) is 1. The zero-order chi connectivity index (χ0) is 10.6. The molecule has 1 N–H and O–H groups in total. The van der Waals surface area contributed by atoms with E-state index in [2.05, 4.69) is 46.6 Å². The van der Waals surface area contributed by atoms with Crippen molar-refractivity contribution in [1.29, 1.82) is 0 Å². The molecule has 2 nitrogen and oxygen atoms in total. The van der Waals surface area contributed by atoms with E-state index in [4.69, 9.17) is 0 Å². The summed E-state index contributed by atoms with van der Waals surface area (Å²) in [5.74, 6) is 0.765. The zero-order valence-electron chi connectivity index (χ0n) is 9.22. The topological polar surface area (TPSA) is 15.3 Å². The van der Waals surface area contributed by atoms with E-state index in [-0.39, 0.29) is 0 Å². The standard InChI is InChI=1S/C11H21BrN2/c1-4-9(2)11-8-14(6-5-13-11)7-10(3)12/h9,11,13H,3-8H2,1-2H3. The highest BCUT2D eigenvalue weighted by atomic mass is 79.9. The van der Waals surface area contributed by atoms with E-state index in [0.717, 1.165) is 36.6 Å². The third-order valence-corrected chi connectivity index (χ3v) is 3.27. The third-order valence-electron chi connectivity index (χ3n) is 3.02. The second-order valence-electron chi connectivity index (χ2n) is 4.20. The van der Waals surface area contributed by atoms with E-state index in [1.807, 2.05) is 0 Å². The molecular weight excluding hydrogens is 240 g/mol. The second-order valence-corrected chi connectivity index (χ2v) is 5.32. The number of hydrogen-bond acceptors (Lipinski definition) is 2. The summed E-state index contributed by atoms with van der Waals surface area (Å²) in [4.78, 5) is 2.46. The van der Waals surface area contributed by atoms with Gasteiger partial charge in [0.05, 0.1) is 0 Å². The summed E-state index contributed by atoms with van der Waals surface area (Å²) in [7, 11) is 0. The van der Waals surface area contributed by atoms with E-state index in [1.54, 1.807) is 0 Å². The first-order chi connectivity index (χ1) is 6.63. The monoisotopic (exact) mass is 260 g/mol. The number of hydrogen-bond donors (Lipinski definition) is 1. The van der Waals surface area contributed by atoms with Crippen molar-refractivity contribution in [3.8, 4) is 0 Å². The van der Waals surface area contributed by atoms with Gasteiger partial charge in [-0.3, -0.25) is 4.90 Å². The normalized spacial score (nSPS) is 26.1. The van der Waals surface area contributed by atoms with Crippen molar-refractivity contribution < 1.29 is 0 Å². The van der Waals surface area contributed by atoms with E-state index < -0.39 is 0 Å². The van der Waals surface area contributed by atoms with Crippen LogP contribution in [0.5, 0.6) is 0 Å². The molecule has 1 aliphatic rings. The van der Waals surface area contributed by atoms with Crippen molar-refractivity contribution in [1.82, 2.24) is 10.2 Å². The fraction of sp³-hybridized carbons (Fsp3) is 0.818. The average Bonchev–Trinajstić information content (AvgIpc) is 2.16. The molecule has 82 valence electrons. The van der Waals surface area contributed by atoms with Crippen LogP contribution in [-0.2, 0) is 0 Å². The summed E-state index contributed by atoms with van der Waals surface area (Å²) < 4.78 is 1.09. The van der Waals surface area contributed by atoms with Crippen LogP contribution in [0.1, 0.15) is 20.3 Å². The Hall–Kier alpha value is 0.140. The van der Waals surface area contributed by atoms with Crippen LogP contribution < -0.4 is 5.32 Å². The van der Waals surface area contributed by atoms with Crippen molar-refractivity contribution in [3.63, 3.8) is 0 Å². The third kappa shape index (κ3) is 3.71. The lowest BCUT2D eigenvalue weighted by Crippen LogP contribution is -2.53. The van der Waals surface area contributed by atoms with Crippen LogP contribution >= 0.6 is 15.9 Å². The van der Waals surface area contributed by atoms with Gasteiger partial charge >= 0.3 is 0 Å². The molecule has 1 fully saturated rings. The Kier molecular flexibility index (Phi) is 5.13. The van der Waals surface area contributed by atoms with Crippen LogP contribution in [0.25, 0.3) is 0 Å². The largest absolute Gasteiger partial charge is 0.311 e. The maximum Gasteiger partial charge on any atom is 0.0295 e. The van der Waals surface area contributed by atoms with Crippen LogP contribution in [0.4, 0.5) is 0 Å². The molecule has 0 bridgehead atoms. The predicted octanol–water partition coefficient (Wildman–Crippen LogP) is 2.21. The number of rotatable bonds is 4. The Labute approximate surface area is 95.9 Å². The van der Waals surface area contributed by atoms with Gasteiger partial charge in [-0.25, -0.2) is 0 Å². The average molecular weight is 261 g/mol. The number of halogens is 1. The molecule has 0 aromatic carbocycles. The smallest absolute Gasteiger partial charge is 0.0295 e. The van der Waals surface area contributed by atoms with Crippen molar-refractivity contribution >= 4 is 15.9 Å². The van der Waals surface area contributed by atoms with E-state index >= 15 is 0 Å². The van der Waals surface area contributed by atoms with Crippen LogP contribution in [0.15, 0.2) is 11.1 Å². The minimum absolute atomic E-state index is 0.653. The van der Waals surface area contributed by atoms with Gasteiger partial charge in [0.1, 0.15) is 0 Å². The first kappa shape index (κ1) is 12.2. The summed E-state index contributed by atoms with van der Waals surface area (Å²) in [5, 5.41) is 3.59. The number of piperazine rings is 1. The Morgan fingerprint density at radius 2 is 2.43 bits per heavy atom. The molecule has 0 aromatic rings. The molecular formula is C11H21BrN2. The molecule has 0 spiro atoms. The molecule has 2 unspecified atom stereocenters. The quantitative estimate of drug-likeness (QED) is 0.834. The summed E-state index contributed by atoms with van der Waals surface area (Å²) in [6, 6.07) is 0.653. The van der Waals surface area contributed by atoms with Crippen molar-refractivity contribution in [2.24, 2.45) is 5.92 Å². The fourth-order valence-electron chi connectivity index (χ4n) is 1.89. The van der Waals surface area contributed by atoms with Gasteiger partial charge in [-0.1, -0.05) is 42.8 Å². The summed E-state index contributed by atoms with van der Waals surface area (Å²) in [6.07, 6.45) is 1.25. The lowest BCUT2D eigenvalue weighted by Gasteiger charge is -2.36. The minimum Gasteiger partial charge on any atom is -0.311 e. The van der Waals surface area contributed by atoms with E-state index in [1.165, 1.54) is 6.42 Å². The van der Waals surface area contributed by atoms with E-state index in [0.29, 0.717) is 6.04 Å². The van der Waals surface area contributed by atoms with Crippen LogP contribution in [0.3, 0.4) is 0 Å². The Morgan fingerprint density at radius 1 is 1.71 bits per heavy atom. The van der Waals surface area contributed by atoms with Crippen molar-refractivity contribution in [3.05, 3.63) is 11.1 Å². The van der Waals surface area contributed by atoms with Gasteiger partial charge in [-0.15, -0.1) is 0 Å².